The maximum Gasteiger partial charge on any atom is 0.338 e. The van der Waals surface area contributed by atoms with E-state index in [9.17, 15) is 9.90 Å². The Morgan fingerprint density at radius 2 is 1.39 bits per heavy atom. The van der Waals surface area contributed by atoms with Crippen molar-refractivity contribution in [3.63, 3.8) is 0 Å². The van der Waals surface area contributed by atoms with E-state index in [-0.39, 0.29) is 17.4 Å². The molecule has 8 heteroatoms. The van der Waals surface area contributed by atoms with Gasteiger partial charge in [0.15, 0.2) is 23.0 Å². The molecule has 8 nitrogen and oxygen atoms in total. The maximum atomic E-state index is 13.0. The SMILES string of the molecule is CC=C(C)C(=O)Oc1c(OC)c(OC)cc2c1-c1c(cc(OC)c(OC)c1OC)C[C@](C)(O)[C@@H](C)C2. The van der Waals surface area contributed by atoms with Gasteiger partial charge < -0.3 is 33.5 Å². The van der Waals surface area contributed by atoms with Crippen LogP contribution in [0.2, 0.25) is 0 Å². The third-order valence-corrected chi connectivity index (χ3v) is 6.96. The molecule has 36 heavy (non-hydrogen) atoms. The van der Waals surface area contributed by atoms with Crippen LogP contribution in [0.15, 0.2) is 23.8 Å². The van der Waals surface area contributed by atoms with Crippen LogP contribution in [0.3, 0.4) is 0 Å². The zero-order valence-electron chi connectivity index (χ0n) is 22.5. The number of ether oxygens (including phenoxy) is 6. The van der Waals surface area contributed by atoms with Crippen LogP contribution in [0.5, 0.6) is 34.5 Å². The van der Waals surface area contributed by atoms with Crippen molar-refractivity contribution in [3.05, 3.63) is 34.9 Å². The van der Waals surface area contributed by atoms with Crippen molar-refractivity contribution in [2.24, 2.45) is 5.92 Å². The maximum absolute atomic E-state index is 13.0. The lowest BCUT2D eigenvalue weighted by Crippen LogP contribution is -2.37. The molecule has 0 saturated carbocycles. The Bertz CT molecular complexity index is 1180. The van der Waals surface area contributed by atoms with Crippen molar-refractivity contribution in [1.82, 2.24) is 0 Å². The molecule has 1 aliphatic carbocycles. The third kappa shape index (κ3) is 4.69. The van der Waals surface area contributed by atoms with Gasteiger partial charge in [0.1, 0.15) is 0 Å². The fraction of sp³-hybridized carbons (Fsp3) is 0.464. The minimum atomic E-state index is -1.05. The summed E-state index contributed by atoms with van der Waals surface area (Å²) in [7, 11) is 7.63. The molecule has 0 heterocycles. The van der Waals surface area contributed by atoms with E-state index < -0.39 is 11.6 Å². The quantitative estimate of drug-likeness (QED) is 0.331. The molecule has 0 radical (unpaired) electrons. The van der Waals surface area contributed by atoms with Gasteiger partial charge in [0.2, 0.25) is 11.5 Å². The van der Waals surface area contributed by atoms with E-state index >= 15 is 0 Å². The number of methoxy groups -OCH3 is 5. The van der Waals surface area contributed by atoms with E-state index in [4.69, 9.17) is 28.4 Å². The molecule has 0 bridgehead atoms. The summed E-state index contributed by atoms with van der Waals surface area (Å²) in [5.74, 6) is 1.46. The monoisotopic (exact) mass is 500 g/mol. The number of aliphatic hydroxyl groups is 1. The normalized spacial score (nSPS) is 19.3. The van der Waals surface area contributed by atoms with E-state index in [0.717, 1.165) is 11.1 Å². The highest BCUT2D eigenvalue weighted by Gasteiger charge is 2.38. The molecular formula is C28H36O8. The van der Waals surface area contributed by atoms with Crippen molar-refractivity contribution in [2.75, 3.05) is 35.5 Å². The second kappa shape index (κ2) is 10.7. The molecule has 0 spiro atoms. The second-order valence-electron chi connectivity index (χ2n) is 9.16. The standard InChI is InChI=1S/C28H36O8/c1-10-15(2)27(29)36-26-21-17(12-19(31-5)24(26)34-8)11-16(3)28(4,30)14-18-13-20(32-6)23(33-7)25(35-9)22(18)21/h10,12-13,16,30H,11,14H2,1-9H3/t16-,28-/m0/s1. The summed E-state index contributed by atoms with van der Waals surface area (Å²) in [5, 5.41) is 11.5. The lowest BCUT2D eigenvalue weighted by atomic mass is 9.75. The molecule has 0 fully saturated rings. The minimum absolute atomic E-state index is 0.151. The van der Waals surface area contributed by atoms with E-state index in [1.165, 1.54) is 28.4 Å². The van der Waals surface area contributed by atoms with Crippen LogP contribution >= 0.6 is 0 Å². The fourth-order valence-corrected chi connectivity index (χ4v) is 4.57. The summed E-state index contributed by atoms with van der Waals surface area (Å²) in [6.45, 7) is 7.25. The van der Waals surface area contributed by atoms with Crippen LogP contribution in [-0.4, -0.2) is 52.2 Å². The number of fused-ring (bicyclic) bond motifs is 3. The molecule has 196 valence electrons. The Labute approximate surface area is 212 Å². The van der Waals surface area contributed by atoms with Gasteiger partial charge >= 0.3 is 5.97 Å². The van der Waals surface area contributed by atoms with Gasteiger partial charge in [0.05, 0.1) is 41.2 Å². The smallest absolute Gasteiger partial charge is 0.338 e. The van der Waals surface area contributed by atoms with Crippen LogP contribution in [0.25, 0.3) is 11.1 Å². The highest BCUT2D eigenvalue weighted by atomic mass is 16.6. The van der Waals surface area contributed by atoms with Gasteiger partial charge in [-0.15, -0.1) is 0 Å². The van der Waals surface area contributed by atoms with Crippen LogP contribution < -0.4 is 28.4 Å². The van der Waals surface area contributed by atoms with E-state index in [0.29, 0.717) is 52.5 Å². The largest absolute Gasteiger partial charge is 0.493 e. The summed E-state index contributed by atoms with van der Waals surface area (Å²) >= 11 is 0. The molecule has 0 saturated heterocycles. The molecule has 1 N–H and O–H groups in total. The average molecular weight is 501 g/mol. The van der Waals surface area contributed by atoms with Crippen LogP contribution in [0.4, 0.5) is 0 Å². The van der Waals surface area contributed by atoms with Crippen molar-refractivity contribution >= 4 is 5.97 Å². The molecule has 0 unspecified atom stereocenters. The zero-order valence-corrected chi connectivity index (χ0v) is 22.5. The summed E-state index contributed by atoms with van der Waals surface area (Å²) in [5.41, 5.74) is 2.17. The van der Waals surface area contributed by atoms with E-state index in [1.807, 2.05) is 26.0 Å². The highest BCUT2D eigenvalue weighted by Crippen LogP contribution is 2.56. The Morgan fingerprint density at radius 3 is 1.89 bits per heavy atom. The van der Waals surface area contributed by atoms with Crippen LogP contribution in [-0.2, 0) is 17.6 Å². The van der Waals surface area contributed by atoms with Crippen molar-refractivity contribution in [2.45, 2.75) is 46.1 Å². The molecular weight excluding hydrogens is 464 g/mol. The third-order valence-electron chi connectivity index (χ3n) is 6.96. The average Bonchev–Trinajstić information content (AvgIpc) is 2.86. The molecule has 0 aliphatic heterocycles. The molecule has 2 aromatic carbocycles. The van der Waals surface area contributed by atoms with Crippen molar-refractivity contribution < 1.29 is 38.3 Å². The number of esters is 1. The minimum Gasteiger partial charge on any atom is -0.493 e. The van der Waals surface area contributed by atoms with Gasteiger partial charge in [-0.05, 0) is 56.4 Å². The number of benzene rings is 2. The second-order valence-corrected chi connectivity index (χ2v) is 9.16. The molecule has 2 atom stereocenters. The number of hydrogen-bond donors (Lipinski definition) is 1. The topological polar surface area (TPSA) is 92.7 Å². The first-order valence-electron chi connectivity index (χ1n) is 11.8. The predicted octanol–water partition coefficient (Wildman–Crippen LogP) is 4.75. The summed E-state index contributed by atoms with van der Waals surface area (Å²) in [6, 6.07) is 3.68. The Hall–Kier alpha value is -3.39. The Balaban J connectivity index is 2.56. The first-order valence-corrected chi connectivity index (χ1v) is 11.8. The highest BCUT2D eigenvalue weighted by molar-refractivity contribution is 5.94. The fourth-order valence-electron chi connectivity index (χ4n) is 4.57. The van der Waals surface area contributed by atoms with Crippen molar-refractivity contribution in [3.8, 4) is 45.6 Å². The summed E-state index contributed by atoms with van der Waals surface area (Å²) < 4.78 is 34.5. The molecule has 0 amide bonds. The van der Waals surface area contributed by atoms with E-state index in [1.54, 1.807) is 27.0 Å². The molecule has 2 aromatic rings. The van der Waals surface area contributed by atoms with E-state index in [2.05, 4.69) is 0 Å². The number of allylic oxidation sites excluding steroid dienone is 1. The number of carbonyl (C=O) groups excluding carboxylic acids is 1. The molecule has 1 aliphatic rings. The number of rotatable bonds is 7. The van der Waals surface area contributed by atoms with Crippen molar-refractivity contribution in [1.29, 1.82) is 0 Å². The van der Waals surface area contributed by atoms with Gasteiger partial charge in [0, 0.05) is 23.1 Å². The van der Waals surface area contributed by atoms with Gasteiger partial charge in [-0.2, -0.15) is 0 Å². The predicted molar refractivity (Wildman–Crippen MR) is 137 cm³/mol. The Morgan fingerprint density at radius 1 is 0.889 bits per heavy atom. The van der Waals surface area contributed by atoms with Gasteiger partial charge in [-0.1, -0.05) is 13.0 Å². The first kappa shape index (κ1) is 27.2. The zero-order chi connectivity index (χ0) is 26.8. The summed E-state index contributed by atoms with van der Waals surface area (Å²) in [6.07, 6.45) is 2.46. The Kier molecular flexibility index (Phi) is 8.09. The van der Waals surface area contributed by atoms with Gasteiger partial charge in [0.25, 0.3) is 0 Å². The summed E-state index contributed by atoms with van der Waals surface area (Å²) in [4.78, 5) is 13.0. The lowest BCUT2D eigenvalue weighted by Gasteiger charge is -2.36. The lowest BCUT2D eigenvalue weighted by molar-refractivity contribution is -0.130. The van der Waals surface area contributed by atoms with Gasteiger partial charge in [-0.25, -0.2) is 4.79 Å². The molecule has 3 rings (SSSR count). The van der Waals surface area contributed by atoms with Gasteiger partial charge in [-0.3, -0.25) is 0 Å². The number of carbonyl (C=O) groups is 1. The first-order chi connectivity index (χ1) is 17.1. The van der Waals surface area contributed by atoms with Crippen LogP contribution in [0.1, 0.15) is 38.8 Å². The van der Waals surface area contributed by atoms with Crippen LogP contribution in [0, 0.1) is 5.92 Å². The molecule has 0 aromatic heterocycles. The number of hydrogen-bond acceptors (Lipinski definition) is 8.